The van der Waals surface area contributed by atoms with Crippen LogP contribution in [-0.2, 0) is 19.4 Å². The molecule has 1 N–H and O–H groups in total. The average molecular weight is 231 g/mol. The van der Waals surface area contributed by atoms with E-state index in [0.29, 0.717) is 5.75 Å². The first-order valence-corrected chi connectivity index (χ1v) is 5.86. The Morgan fingerprint density at radius 2 is 2.12 bits per heavy atom. The Hall–Kier alpha value is -1.84. The van der Waals surface area contributed by atoms with Crippen molar-refractivity contribution >= 4 is 0 Å². The molecule has 0 aliphatic heterocycles. The van der Waals surface area contributed by atoms with E-state index in [1.807, 2.05) is 36.9 Å². The van der Waals surface area contributed by atoms with Gasteiger partial charge < -0.3 is 5.11 Å². The van der Waals surface area contributed by atoms with Gasteiger partial charge in [0.25, 0.3) is 0 Å². The van der Waals surface area contributed by atoms with Crippen LogP contribution in [-0.4, -0.2) is 20.1 Å². The van der Waals surface area contributed by atoms with E-state index in [1.54, 1.807) is 6.07 Å². The zero-order valence-corrected chi connectivity index (χ0v) is 10.2. The van der Waals surface area contributed by atoms with E-state index in [-0.39, 0.29) is 0 Å². The van der Waals surface area contributed by atoms with Crippen LogP contribution in [0.5, 0.6) is 5.75 Å². The SMILES string of the molecule is CCn1cc(CCc2ccc(O)c(C)c2)nn1. The normalized spacial score (nSPS) is 10.7. The highest BCUT2D eigenvalue weighted by molar-refractivity contribution is 5.35. The van der Waals surface area contributed by atoms with Crippen molar-refractivity contribution in [3.8, 4) is 5.75 Å². The standard InChI is InChI=1S/C13H17N3O/c1-3-16-9-12(14-15-16)6-4-11-5-7-13(17)10(2)8-11/h5,7-9,17H,3-4,6H2,1-2H3. The molecule has 2 aromatic rings. The number of phenolic OH excluding ortho intramolecular Hbond substituents is 1. The fourth-order valence-corrected chi connectivity index (χ4v) is 1.75. The van der Waals surface area contributed by atoms with Crippen molar-refractivity contribution in [3.05, 3.63) is 41.2 Å². The fraction of sp³-hybridized carbons (Fsp3) is 0.385. The summed E-state index contributed by atoms with van der Waals surface area (Å²) in [5, 5.41) is 17.5. The lowest BCUT2D eigenvalue weighted by molar-refractivity contribution is 0.471. The van der Waals surface area contributed by atoms with E-state index in [1.165, 1.54) is 5.56 Å². The van der Waals surface area contributed by atoms with E-state index in [4.69, 9.17) is 0 Å². The monoisotopic (exact) mass is 231 g/mol. The van der Waals surface area contributed by atoms with Gasteiger partial charge in [0.15, 0.2) is 0 Å². The van der Waals surface area contributed by atoms with Crippen molar-refractivity contribution in [3.63, 3.8) is 0 Å². The molecule has 1 heterocycles. The van der Waals surface area contributed by atoms with Crippen molar-refractivity contribution in [2.45, 2.75) is 33.2 Å². The first-order valence-electron chi connectivity index (χ1n) is 5.86. The Bertz CT molecular complexity index is 505. The minimum absolute atomic E-state index is 0.352. The van der Waals surface area contributed by atoms with Gasteiger partial charge >= 0.3 is 0 Å². The molecule has 0 radical (unpaired) electrons. The topological polar surface area (TPSA) is 50.9 Å². The molecule has 2 rings (SSSR count). The highest BCUT2D eigenvalue weighted by atomic mass is 16.3. The van der Waals surface area contributed by atoms with Crippen LogP contribution in [0.2, 0.25) is 0 Å². The van der Waals surface area contributed by atoms with Gasteiger partial charge in [0.1, 0.15) is 5.75 Å². The third-order valence-corrected chi connectivity index (χ3v) is 2.84. The van der Waals surface area contributed by atoms with Gasteiger partial charge in [0.2, 0.25) is 0 Å². The van der Waals surface area contributed by atoms with Gasteiger partial charge in [-0.2, -0.15) is 0 Å². The highest BCUT2D eigenvalue weighted by Gasteiger charge is 2.02. The van der Waals surface area contributed by atoms with E-state index in [0.717, 1.165) is 30.6 Å². The van der Waals surface area contributed by atoms with Gasteiger partial charge in [0.05, 0.1) is 5.69 Å². The molecule has 0 atom stereocenters. The Morgan fingerprint density at radius 3 is 2.76 bits per heavy atom. The van der Waals surface area contributed by atoms with Crippen molar-refractivity contribution in [1.29, 1.82) is 0 Å². The second-order valence-electron chi connectivity index (χ2n) is 4.19. The second-order valence-corrected chi connectivity index (χ2v) is 4.19. The lowest BCUT2D eigenvalue weighted by Gasteiger charge is -2.02. The molecule has 0 bridgehead atoms. The van der Waals surface area contributed by atoms with E-state index >= 15 is 0 Å². The molecule has 17 heavy (non-hydrogen) atoms. The minimum atomic E-state index is 0.352. The number of benzene rings is 1. The maximum Gasteiger partial charge on any atom is 0.118 e. The van der Waals surface area contributed by atoms with Crippen molar-refractivity contribution in [2.75, 3.05) is 0 Å². The number of phenols is 1. The summed E-state index contributed by atoms with van der Waals surface area (Å²) in [6.07, 6.45) is 3.78. The van der Waals surface area contributed by atoms with Gasteiger partial charge in [-0.3, -0.25) is 4.68 Å². The van der Waals surface area contributed by atoms with Crippen LogP contribution < -0.4 is 0 Å². The summed E-state index contributed by atoms with van der Waals surface area (Å²) in [5.74, 6) is 0.352. The molecular weight excluding hydrogens is 214 g/mol. The fourth-order valence-electron chi connectivity index (χ4n) is 1.75. The average Bonchev–Trinajstić information content (AvgIpc) is 2.79. The van der Waals surface area contributed by atoms with Crippen LogP contribution in [0.4, 0.5) is 0 Å². The lowest BCUT2D eigenvalue weighted by Crippen LogP contribution is -1.93. The van der Waals surface area contributed by atoms with E-state index < -0.39 is 0 Å². The summed E-state index contributed by atoms with van der Waals surface area (Å²) in [6, 6.07) is 5.71. The van der Waals surface area contributed by atoms with Gasteiger partial charge in [-0.1, -0.05) is 17.3 Å². The van der Waals surface area contributed by atoms with Gasteiger partial charge in [-0.05, 0) is 43.9 Å². The number of aromatic hydroxyl groups is 1. The number of rotatable bonds is 4. The van der Waals surface area contributed by atoms with Crippen LogP contribution in [0.1, 0.15) is 23.7 Å². The molecule has 0 aliphatic rings. The smallest absolute Gasteiger partial charge is 0.118 e. The Balaban J connectivity index is 1.99. The maximum atomic E-state index is 9.44. The Kier molecular flexibility index (Phi) is 3.42. The number of hydrogen-bond acceptors (Lipinski definition) is 3. The predicted molar refractivity (Wildman–Crippen MR) is 65.9 cm³/mol. The number of nitrogens with zero attached hydrogens (tertiary/aromatic N) is 3. The molecule has 4 heteroatoms. The molecule has 0 fully saturated rings. The molecule has 0 saturated heterocycles. The van der Waals surface area contributed by atoms with Crippen LogP contribution in [0.3, 0.4) is 0 Å². The maximum absolute atomic E-state index is 9.44. The van der Waals surface area contributed by atoms with E-state index in [2.05, 4.69) is 10.3 Å². The summed E-state index contributed by atoms with van der Waals surface area (Å²) >= 11 is 0. The molecule has 90 valence electrons. The number of hydrogen-bond donors (Lipinski definition) is 1. The summed E-state index contributed by atoms with van der Waals surface area (Å²) in [5.41, 5.74) is 3.14. The minimum Gasteiger partial charge on any atom is -0.508 e. The quantitative estimate of drug-likeness (QED) is 0.876. The third-order valence-electron chi connectivity index (χ3n) is 2.84. The number of aromatic nitrogens is 3. The van der Waals surface area contributed by atoms with Crippen LogP contribution in [0.15, 0.2) is 24.4 Å². The van der Waals surface area contributed by atoms with Crippen LogP contribution >= 0.6 is 0 Å². The van der Waals surface area contributed by atoms with Crippen LogP contribution in [0, 0.1) is 6.92 Å². The molecule has 0 spiro atoms. The predicted octanol–water partition coefficient (Wildman–Crippen LogP) is 2.10. The molecule has 1 aromatic heterocycles. The molecule has 0 aliphatic carbocycles. The van der Waals surface area contributed by atoms with Gasteiger partial charge in [-0.25, -0.2) is 0 Å². The van der Waals surface area contributed by atoms with Gasteiger partial charge in [0, 0.05) is 12.7 Å². The third kappa shape index (κ3) is 2.84. The molecule has 0 unspecified atom stereocenters. The van der Waals surface area contributed by atoms with Crippen LogP contribution in [0.25, 0.3) is 0 Å². The van der Waals surface area contributed by atoms with Gasteiger partial charge in [-0.15, -0.1) is 5.10 Å². The first-order chi connectivity index (χ1) is 8.19. The summed E-state index contributed by atoms with van der Waals surface area (Å²) in [6.45, 7) is 4.80. The van der Waals surface area contributed by atoms with Crippen molar-refractivity contribution in [2.24, 2.45) is 0 Å². The van der Waals surface area contributed by atoms with E-state index in [9.17, 15) is 5.11 Å². The van der Waals surface area contributed by atoms with Crippen molar-refractivity contribution in [1.82, 2.24) is 15.0 Å². The molecular formula is C13H17N3O. The lowest BCUT2D eigenvalue weighted by atomic mass is 10.1. The molecule has 0 amide bonds. The summed E-state index contributed by atoms with van der Waals surface area (Å²) < 4.78 is 1.83. The molecule has 0 saturated carbocycles. The van der Waals surface area contributed by atoms with Crippen molar-refractivity contribution < 1.29 is 5.11 Å². The molecule has 1 aromatic carbocycles. The largest absolute Gasteiger partial charge is 0.508 e. The highest BCUT2D eigenvalue weighted by Crippen LogP contribution is 2.17. The zero-order valence-electron chi connectivity index (χ0n) is 10.2. The summed E-state index contributed by atoms with van der Waals surface area (Å²) in [7, 11) is 0. The first kappa shape index (κ1) is 11.6. The summed E-state index contributed by atoms with van der Waals surface area (Å²) in [4.78, 5) is 0. The molecule has 4 nitrogen and oxygen atoms in total. The Labute approximate surface area is 101 Å². The number of aryl methyl sites for hydroxylation is 4. The second kappa shape index (κ2) is 4.99. The zero-order chi connectivity index (χ0) is 12.3. The Morgan fingerprint density at radius 1 is 1.29 bits per heavy atom.